The number of alkyl halides is 3. The highest BCUT2D eigenvalue weighted by Crippen LogP contribution is 2.31. The SMILES string of the molecule is NCc1cccc(N=C(C=C(N)C(F)(F)F)C(=O)Nc2cccc(C(NCC3CC3)c3ccccc3)c2)c1. The lowest BCUT2D eigenvalue weighted by molar-refractivity contribution is -0.110. The third-order valence-corrected chi connectivity index (χ3v) is 6.17. The number of amides is 1. The highest BCUT2D eigenvalue weighted by Gasteiger charge is 2.32. The maximum absolute atomic E-state index is 13.2. The molecule has 1 amide bonds. The second-order valence-electron chi connectivity index (χ2n) is 9.24. The zero-order chi connectivity index (χ0) is 27.1. The molecule has 1 saturated carbocycles. The number of halogens is 3. The van der Waals surface area contributed by atoms with Gasteiger partial charge < -0.3 is 22.1 Å². The number of carbonyl (C=O) groups excluding carboxylic acids is 1. The van der Waals surface area contributed by atoms with E-state index in [0.717, 1.165) is 23.2 Å². The topological polar surface area (TPSA) is 106 Å². The van der Waals surface area contributed by atoms with Gasteiger partial charge in [0.05, 0.1) is 11.7 Å². The van der Waals surface area contributed by atoms with E-state index >= 15 is 0 Å². The molecule has 3 aromatic carbocycles. The molecule has 0 radical (unpaired) electrons. The molecule has 6 nitrogen and oxygen atoms in total. The molecule has 1 atom stereocenters. The van der Waals surface area contributed by atoms with Gasteiger partial charge in [0.25, 0.3) is 5.91 Å². The third kappa shape index (κ3) is 7.53. The van der Waals surface area contributed by atoms with Gasteiger partial charge in [0.2, 0.25) is 0 Å². The summed E-state index contributed by atoms with van der Waals surface area (Å²) >= 11 is 0. The first-order chi connectivity index (χ1) is 18.2. The number of nitrogens with zero attached hydrogens (tertiary/aromatic N) is 1. The lowest BCUT2D eigenvalue weighted by Crippen LogP contribution is -2.27. The molecule has 1 aliphatic carbocycles. The molecule has 0 spiro atoms. The lowest BCUT2D eigenvalue weighted by Gasteiger charge is -2.21. The number of nitrogens with one attached hydrogen (secondary N) is 2. The van der Waals surface area contributed by atoms with Crippen molar-refractivity contribution in [2.24, 2.45) is 22.4 Å². The Morgan fingerprint density at radius 1 is 1.00 bits per heavy atom. The number of anilines is 1. The number of aliphatic imine (C=N–C) groups is 1. The van der Waals surface area contributed by atoms with E-state index in [1.54, 1.807) is 42.5 Å². The Morgan fingerprint density at radius 3 is 2.39 bits per heavy atom. The Labute approximate surface area is 219 Å². The van der Waals surface area contributed by atoms with Gasteiger partial charge in [-0.2, -0.15) is 13.2 Å². The van der Waals surface area contributed by atoms with Crippen LogP contribution in [0.15, 0.2) is 95.6 Å². The molecule has 38 heavy (non-hydrogen) atoms. The Balaban J connectivity index is 1.62. The van der Waals surface area contributed by atoms with Gasteiger partial charge in [-0.05, 0) is 72.3 Å². The van der Waals surface area contributed by atoms with Gasteiger partial charge in [-0.15, -0.1) is 0 Å². The van der Waals surface area contributed by atoms with Crippen LogP contribution in [-0.4, -0.2) is 24.3 Å². The van der Waals surface area contributed by atoms with Crippen molar-refractivity contribution in [3.05, 3.63) is 107 Å². The highest BCUT2D eigenvalue weighted by molar-refractivity contribution is 6.47. The van der Waals surface area contributed by atoms with Crippen LogP contribution in [0.1, 0.15) is 35.6 Å². The average Bonchev–Trinajstić information content (AvgIpc) is 3.73. The van der Waals surface area contributed by atoms with Gasteiger partial charge in [-0.1, -0.05) is 54.6 Å². The molecular weight excluding hydrogens is 491 g/mol. The monoisotopic (exact) mass is 521 g/mol. The first-order valence-electron chi connectivity index (χ1n) is 12.3. The van der Waals surface area contributed by atoms with Crippen molar-refractivity contribution in [3.8, 4) is 0 Å². The molecule has 1 aliphatic rings. The summed E-state index contributed by atoms with van der Waals surface area (Å²) in [6.07, 6.45) is -1.86. The molecule has 0 bridgehead atoms. The molecule has 0 saturated heterocycles. The smallest absolute Gasteiger partial charge is 0.395 e. The van der Waals surface area contributed by atoms with Gasteiger partial charge in [0.15, 0.2) is 0 Å². The average molecular weight is 522 g/mol. The van der Waals surface area contributed by atoms with E-state index in [9.17, 15) is 18.0 Å². The summed E-state index contributed by atoms with van der Waals surface area (Å²) in [7, 11) is 0. The Hall–Kier alpha value is -3.95. The molecule has 4 rings (SSSR count). The van der Waals surface area contributed by atoms with Crippen molar-refractivity contribution in [2.45, 2.75) is 31.6 Å². The van der Waals surface area contributed by atoms with E-state index in [-0.39, 0.29) is 18.3 Å². The summed E-state index contributed by atoms with van der Waals surface area (Å²) in [5.74, 6) is -0.166. The van der Waals surface area contributed by atoms with Crippen molar-refractivity contribution in [3.63, 3.8) is 0 Å². The van der Waals surface area contributed by atoms with Crippen LogP contribution >= 0.6 is 0 Å². The molecule has 0 heterocycles. The fourth-order valence-corrected chi connectivity index (χ4v) is 3.94. The largest absolute Gasteiger partial charge is 0.430 e. The second kappa shape index (κ2) is 12.1. The van der Waals surface area contributed by atoms with Gasteiger partial charge in [0.1, 0.15) is 11.4 Å². The Morgan fingerprint density at radius 2 is 1.71 bits per heavy atom. The molecular formula is C29H30F3N5O. The van der Waals surface area contributed by atoms with Crippen molar-refractivity contribution in [1.82, 2.24) is 5.32 Å². The minimum absolute atomic E-state index is 0.110. The molecule has 198 valence electrons. The quantitative estimate of drug-likeness (QED) is 0.270. The summed E-state index contributed by atoms with van der Waals surface area (Å²) in [5.41, 5.74) is 12.4. The summed E-state index contributed by atoms with van der Waals surface area (Å²) in [6, 6.07) is 23.6. The summed E-state index contributed by atoms with van der Waals surface area (Å²) < 4.78 is 39.6. The van der Waals surface area contributed by atoms with E-state index < -0.39 is 23.5 Å². The number of carbonyl (C=O) groups is 1. The van der Waals surface area contributed by atoms with E-state index in [1.165, 1.54) is 12.8 Å². The predicted molar refractivity (Wildman–Crippen MR) is 144 cm³/mol. The first-order valence-corrected chi connectivity index (χ1v) is 12.3. The molecule has 6 N–H and O–H groups in total. The number of hydrogen-bond acceptors (Lipinski definition) is 5. The summed E-state index contributed by atoms with van der Waals surface area (Å²) in [4.78, 5) is 17.3. The third-order valence-electron chi connectivity index (χ3n) is 6.17. The van der Waals surface area contributed by atoms with Crippen LogP contribution in [0.25, 0.3) is 0 Å². The fourth-order valence-electron chi connectivity index (χ4n) is 3.94. The fraction of sp³-hybridized carbons (Fsp3) is 0.241. The van der Waals surface area contributed by atoms with E-state index in [1.807, 2.05) is 36.4 Å². The highest BCUT2D eigenvalue weighted by atomic mass is 19.4. The number of nitrogens with two attached hydrogens (primary N) is 2. The Kier molecular flexibility index (Phi) is 8.60. The minimum Gasteiger partial charge on any atom is -0.395 e. The van der Waals surface area contributed by atoms with Crippen molar-refractivity contribution in [1.29, 1.82) is 0 Å². The maximum Gasteiger partial charge on any atom is 0.430 e. The molecule has 1 fully saturated rings. The van der Waals surface area contributed by atoms with Gasteiger partial charge in [-0.3, -0.25) is 4.79 Å². The van der Waals surface area contributed by atoms with Gasteiger partial charge >= 0.3 is 6.18 Å². The number of allylic oxidation sites excluding steroid dienone is 1. The summed E-state index contributed by atoms with van der Waals surface area (Å²) in [6.45, 7) is 1.09. The van der Waals surface area contributed by atoms with Crippen LogP contribution < -0.4 is 22.1 Å². The lowest BCUT2D eigenvalue weighted by atomic mass is 9.98. The van der Waals surface area contributed by atoms with Crippen molar-refractivity contribution < 1.29 is 18.0 Å². The van der Waals surface area contributed by atoms with Crippen LogP contribution in [-0.2, 0) is 11.3 Å². The van der Waals surface area contributed by atoms with Crippen LogP contribution in [0, 0.1) is 5.92 Å². The van der Waals surface area contributed by atoms with Crippen molar-refractivity contribution in [2.75, 3.05) is 11.9 Å². The number of rotatable bonds is 10. The first kappa shape index (κ1) is 27.1. The van der Waals surface area contributed by atoms with Gasteiger partial charge in [-0.25, -0.2) is 4.99 Å². The van der Waals surface area contributed by atoms with Gasteiger partial charge in [0, 0.05) is 12.2 Å². The Bertz CT molecular complexity index is 1320. The summed E-state index contributed by atoms with van der Waals surface area (Å²) in [5, 5.41) is 6.29. The standard InChI is InChI=1S/C29H30F3N5O/c30-29(31,32)26(34)16-25(36-23-10-4-6-20(14-23)17-33)28(38)37-24-11-5-9-22(15-24)27(35-18-19-12-13-19)21-7-2-1-3-8-21/h1-11,14-16,19,27,35H,12-13,17-18,33-34H2,(H,37,38). The normalized spacial score (nSPS) is 15.3. The second-order valence-corrected chi connectivity index (χ2v) is 9.24. The maximum atomic E-state index is 13.2. The zero-order valence-corrected chi connectivity index (χ0v) is 20.7. The molecule has 3 aromatic rings. The predicted octanol–water partition coefficient (Wildman–Crippen LogP) is 5.35. The van der Waals surface area contributed by atoms with Crippen LogP contribution in [0.3, 0.4) is 0 Å². The van der Waals surface area contributed by atoms with E-state index in [2.05, 4.69) is 15.6 Å². The minimum atomic E-state index is -4.81. The van der Waals surface area contributed by atoms with E-state index in [4.69, 9.17) is 11.5 Å². The number of benzene rings is 3. The molecule has 1 unspecified atom stereocenters. The van der Waals surface area contributed by atoms with Crippen LogP contribution in [0.4, 0.5) is 24.5 Å². The van der Waals surface area contributed by atoms with Crippen LogP contribution in [0.2, 0.25) is 0 Å². The molecule has 0 aromatic heterocycles. The zero-order valence-electron chi connectivity index (χ0n) is 20.7. The molecule has 0 aliphatic heterocycles. The van der Waals surface area contributed by atoms with E-state index in [0.29, 0.717) is 17.7 Å². The molecule has 9 heteroatoms. The number of hydrogen-bond donors (Lipinski definition) is 4. The van der Waals surface area contributed by atoms with Crippen LogP contribution in [0.5, 0.6) is 0 Å². The van der Waals surface area contributed by atoms with Crippen molar-refractivity contribution >= 4 is 23.0 Å².